The molecular weight excluding hydrogens is 254 g/mol. The number of aromatic nitrogens is 4. The van der Waals surface area contributed by atoms with Crippen molar-refractivity contribution in [1.29, 1.82) is 0 Å². The summed E-state index contributed by atoms with van der Waals surface area (Å²) < 4.78 is 1.60. The highest BCUT2D eigenvalue weighted by Gasteiger charge is 2.04. The molecule has 3 rings (SSSR count). The van der Waals surface area contributed by atoms with Gasteiger partial charge in [-0.1, -0.05) is 0 Å². The lowest BCUT2D eigenvalue weighted by Gasteiger charge is -2.10. The molecule has 20 heavy (non-hydrogen) atoms. The van der Waals surface area contributed by atoms with Crippen molar-refractivity contribution in [1.82, 2.24) is 19.5 Å². The van der Waals surface area contributed by atoms with Crippen LogP contribution in [0.5, 0.6) is 0 Å². The molecule has 102 valence electrons. The number of rotatable bonds is 4. The van der Waals surface area contributed by atoms with Crippen LogP contribution in [0.3, 0.4) is 0 Å². The third-order valence-corrected chi connectivity index (χ3v) is 3.22. The second-order valence-corrected chi connectivity index (χ2v) is 4.60. The molecule has 0 aliphatic carbocycles. The quantitative estimate of drug-likeness (QED) is 0.753. The van der Waals surface area contributed by atoms with Crippen molar-refractivity contribution in [2.24, 2.45) is 0 Å². The van der Waals surface area contributed by atoms with E-state index < -0.39 is 0 Å². The van der Waals surface area contributed by atoms with Crippen LogP contribution in [0, 0.1) is 6.92 Å². The van der Waals surface area contributed by atoms with Crippen LogP contribution in [0.15, 0.2) is 41.8 Å². The third-order valence-electron chi connectivity index (χ3n) is 3.22. The first kappa shape index (κ1) is 12.4. The van der Waals surface area contributed by atoms with Crippen molar-refractivity contribution in [3.05, 3.63) is 53.0 Å². The number of H-pyrrole nitrogens is 1. The van der Waals surface area contributed by atoms with E-state index in [0.29, 0.717) is 24.1 Å². The average Bonchev–Trinajstić information content (AvgIpc) is 2.93. The van der Waals surface area contributed by atoms with Gasteiger partial charge in [0.15, 0.2) is 0 Å². The van der Waals surface area contributed by atoms with Crippen molar-refractivity contribution in [2.75, 3.05) is 11.9 Å². The summed E-state index contributed by atoms with van der Waals surface area (Å²) in [5.41, 5.74) is 3.31. The molecule has 0 aliphatic rings. The fourth-order valence-electron chi connectivity index (χ4n) is 2.11. The van der Waals surface area contributed by atoms with Crippen LogP contribution < -0.4 is 10.9 Å². The first-order valence-corrected chi connectivity index (χ1v) is 6.43. The first-order chi connectivity index (χ1) is 9.75. The smallest absolute Gasteiger partial charge is 0.277 e. The van der Waals surface area contributed by atoms with E-state index in [-0.39, 0.29) is 5.56 Å². The fraction of sp³-hybridized carbons (Fsp3) is 0.214. The normalized spacial score (nSPS) is 10.8. The van der Waals surface area contributed by atoms with E-state index in [1.807, 2.05) is 13.0 Å². The molecule has 0 saturated heterocycles. The number of hydrogen-bond donors (Lipinski definition) is 2. The molecule has 6 nitrogen and oxygen atoms in total. The summed E-state index contributed by atoms with van der Waals surface area (Å²) in [6.45, 7) is 3.20. The molecule has 0 spiro atoms. The van der Waals surface area contributed by atoms with E-state index in [0.717, 1.165) is 11.3 Å². The Labute approximate surface area is 115 Å². The van der Waals surface area contributed by atoms with Crippen LogP contribution in [-0.4, -0.2) is 26.1 Å². The fourth-order valence-corrected chi connectivity index (χ4v) is 2.11. The van der Waals surface area contributed by atoms with Gasteiger partial charge in [-0.2, -0.15) is 0 Å². The van der Waals surface area contributed by atoms with Gasteiger partial charge in [0.05, 0.1) is 11.8 Å². The molecule has 0 bridgehead atoms. The molecule has 3 aromatic heterocycles. The molecule has 0 radical (unpaired) electrons. The summed E-state index contributed by atoms with van der Waals surface area (Å²) in [5.74, 6) is 0. The molecule has 0 saturated carbocycles. The average molecular weight is 269 g/mol. The van der Waals surface area contributed by atoms with E-state index in [4.69, 9.17) is 0 Å². The topological polar surface area (TPSA) is 75.6 Å². The van der Waals surface area contributed by atoms with Crippen LogP contribution in [0.2, 0.25) is 0 Å². The van der Waals surface area contributed by atoms with Crippen LogP contribution in [-0.2, 0) is 6.54 Å². The van der Waals surface area contributed by atoms with Crippen LogP contribution in [0.4, 0.5) is 5.69 Å². The standard InChI is InChI=1S/C14H15N5O/c1-10-8-15-4-2-11(10)16-6-7-19-9-18-12-3-5-17-13(12)14(19)20/h2-5,8-9,17H,6-7H2,1H3,(H,15,16). The van der Waals surface area contributed by atoms with Crippen molar-refractivity contribution >= 4 is 16.7 Å². The number of fused-ring (bicyclic) bond motifs is 1. The second-order valence-electron chi connectivity index (χ2n) is 4.60. The maximum atomic E-state index is 12.2. The van der Waals surface area contributed by atoms with E-state index >= 15 is 0 Å². The maximum Gasteiger partial charge on any atom is 0.277 e. The zero-order chi connectivity index (χ0) is 13.9. The Morgan fingerprint density at radius 1 is 1.40 bits per heavy atom. The molecule has 3 heterocycles. The number of anilines is 1. The highest BCUT2D eigenvalue weighted by molar-refractivity contribution is 5.73. The molecular formula is C14H15N5O. The van der Waals surface area contributed by atoms with Gasteiger partial charge < -0.3 is 10.3 Å². The summed E-state index contributed by atoms with van der Waals surface area (Å²) in [7, 11) is 0. The number of hydrogen-bond acceptors (Lipinski definition) is 4. The molecule has 3 aromatic rings. The molecule has 0 unspecified atom stereocenters. The predicted octanol–water partition coefficient (Wildman–Crippen LogP) is 1.54. The number of pyridine rings is 1. The van der Waals surface area contributed by atoms with Crippen molar-refractivity contribution in [2.45, 2.75) is 13.5 Å². The largest absolute Gasteiger partial charge is 0.383 e. The van der Waals surface area contributed by atoms with E-state index in [1.165, 1.54) is 0 Å². The van der Waals surface area contributed by atoms with Gasteiger partial charge in [-0.3, -0.25) is 14.3 Å². The molecule has 0 atom stereocenters. The lowest BCUT2D eigenvalue weighted by molar-refractivity contribution is 0.688. The Balaban J connectivity index is 1.73. The second kappa shape index (κ2) is 5.16. The van der Waals surface area contributed by atoms with Crippen LogP contribution in [0.1, 0.15) is 5.56 Å². The van der Waals surface area contributed by atoms with Gasteiger partial charge in [-0.15, -0.1) is 0 Å². The Hall–Kier alpha value is -2.63. The van der Waals surface area contributed by atoms with Crippen molar-refractivity contribution in [3.63, 3.8) is 0 Å². The summed E-state index contributed by atoms with van der Waals surface area (Å²) >= 11 is 0. The zero-order valence-electron chi connectivity index (χ0n) is 11.1. The van der Waals surface area contributed by atoms with E-state index in [1.54, 1.807) is 35.6 Å². The van der Waals surface area contributed by atoms with E-state index in [2.05, 4.69) is 20.3 Å². The summed E-state index contributed by atoms with van der Waals surface area (Å²) in [5, 5.41) is 3.29. The van der Waals surface area contributed by atoms with E-state index in [9.17, 15) is 4.79 Å². The summed E-state index contributed by atoms with van der Waals surface area (Å²) in [6, 6.07) is 3.71. The zero-order valence-corrected chi connectivity index (χ0v) is 11.1. The number of aryl methyl sites for hydroxylation is 1. The van der Waals surface area contributed by atoms with Gasteiger partial charge in [-0.25, -0.2) is 4.98 Å². The molecule has 0 fully saturated rings. The molecule has 2 N–H and O–H groups in total. The highest BCUT2D eigenvalue weighted by atomic mass is 16.1. The molecule has 6 heteroatoms. The molecule has 0 aromatic carbocycles. The summed E-state index contributed by atoms with van der Waals surface area (Å²) in [4.78, 5) is 23.4. The lowest BCUT2D eigenvalue weighted by atomic mass is 10.2. The van der Waals surface area contributed by atoms with Gasteiger partial charge >= 0.3 is 0 Å². The number of nitrogens with one attached hydrogen (secondary N) is 2. The minimum Gasteiger partial charge on any atom is -0.383 e. The van der Waals surface area contributed by atoms with Crippen LogP contribution in [0.25, 0.3) is 11.0 Å². The minimum atomic E-state index is -0.0479. The SMILES string of the molecule is Cc1cnccc1NCCn1cnc2cc[nH]c2c1=O. The Morgan fingerprint density at radius 2 is 2.30 bits per heavy atom. The van der Waals surface area contributed by atoms with Gasteiger partial charge in [0.25, 0.3) is 5.56 Å². The van der Waals surface area contributed by atoms with Gasteiger partial charge in [0.1, 0.15) is 5.52 Å². The summed E-state index contributed by atoms with van der Waals surface area (Å²) in [6.07, 6.45) is 6.86. The number of nitrogens with zero attached hydrogens (tertiary/aromatic N) is 3. The van der Waals surface area contributed by atoms with Gasteiger partial charge in [0.2, 0.25) is 0 Å². The Bertz CT molecular complexity index is 789. The third kappa shape index (κ3) is 2.27. The molecule has 0 aliphatic heterocycles. The highest BCUT2D eigenvalue weighted by Crippen LogP contribution is 2.10. The Kier molecular flexibility index (Phi) is 3.20. The first-order valence-electron chi connectivity index (χ1n) is 6.43. The maximum absolute atomic E-state index is 12.2. The van der Waals surface area contributed by atoms with Gasteiger partial charge in [0, 0.05) is 37.4 Å². The number of aromatic amines is 1. The predicted molar refractivity (Wildman–Crippen MR) is 77.8 cm³/mol. The Morgan fingerprint density at radius 3 is 3.15 bits per heavy atom. The monoisotopic (exact) mass is 269 g/mol. The van der Waals surface area contributed by atoms with Crippen molar-refractivity contribution in [3.8, 4) is 0 Å². The lowest BCUT2D eigenvalue weighted by Crippen LogP contribution is -2.24. The van der Waals surface area contributed by atoms with Crippen LogP contribution >= 0.6 is 0 Å². The van der Waals surface area contributed by atoms with Crippen molar-refractivity contribution < 1.29 is 0 Å². The van der Waals surface area contributed by atoms with Gasteiger partial charge in [-0.05, 0) is 24.6 Å². The molecule has 0 amide bonds. The minimum absolute atomic E-state index is 0.0479.